The second-order valence-electron chi connectivity index (χ2n) is 10.2. The highest BCUT2D eigenvalue weighted by Gasteiger charge is 2.46. The van der Waals surface area contributed by atoms with Gasteiger partial charge in [0.1, 0.15) is 18.1 Å². The lowest BCUT2D eigenvalue weighted by atomic mass is 9.90. The van der Waals surface area contributed by atoms with Crippen molar-refractivity contribution in [2.45, 2.75) is 38.5 Å². The van der Waals surface area contributed by atoms with E-state index in [1.807, 2.05) is 51.1 Å². The number of carbonyl (C=O) groups is 3. The van der Waals surface area contributed by atoms with Crippen LogP contribution in [0.25, 0.3) is 0 Å². The van der Waals surface area contributed by atoms with E-state index in [0.29, 0.717) is 16.1 Å². The molecule has 1 aliphatic heterocycles. The number of dihydropyridines is 1. The number of thiophene rings is 1. The van der Waals surface area contributed by atoms with Crippen LogP contribution in [0.15, 0.2) is 90.0 Å². The first-order valence-corrected chi connectivity index (χ1v) is 13.4. The predicted molar refractivity (Wildman–Crippen MR) is 156 cm³/mol. The highest BCUT2D eigenvalue weighted by atomic mass is 32.1. The van der Waals surface area contributed by atoms with Gasteiger partial charge in [-0.25, -0.2) is 4.79 Å². The maximum absolute atomic E-state index is 13.8. The number of nitrogen functional groups attached to an aromatic ring is 1. The van der Waals surface area contributed by atoms with Crippen LogP contribution in [0, 0.1) is 5.41 Å². The number of amides is 2. The van der Waals surface area contributed by atoms with Crippen LogP contribution in [0.2, 0.25) is 0 Å². The molecule has 1 unspecified atom stereocenters. The molecule has 1 aromatic heterocycles. The van der Waals surface area contributed by atoms with Gasteiger partial charge in [-0.15, -0.1) is 11.3 Å². The zero-order valence-corrected chi connectivity index (χ0v) is 23.2. The molecule has 3 aromatic rings. The van der Waals surface area contributed by atoms with Gasteiger partial charge in [0.25, 0.3) is 11.8 Å². The molecule has 0 aliphatic carbocycles. The largest absolute Gasteiger partial charge is 0.459 e. The molecule has 206 valence electrons. The number of carbonyl (C=O) groups excluding carboxylic acids is 3. The van der Waals surface area contributed by atoms with Gasteiger partial charge in [0.05, 0.1) is 10.4 Å². The van der Waals surface area contributed by atoms with E-state index in [-0.39, 0.29) is 23.7 Å². The molecule has 2 heterocycles. The first-order valence-electron chi connectivity index (χ1n) is 12.5. The van der Waals surface area contributed by atoms with Crippen molar-refractivity contribution in [2.75, 3.05) is 5.32 Å². The fraction of sp³-hybridized carbons (Fsp3) is 0.200. The Bertz CT molecular complexity index is 1490. The summed E-state index contributed by atoms with van der Waals surface area (Å²) in [4.78, 5) is 40.7. The van der Waals surface area contributed by atoms with Crippen molar-refractivity contribution in [1.29, 1.82) is 5.41 Å². The maximum atomic E-state index is 13.8. The predicted octanol–water partition coefficient (Wildman–Crippen LogP) is 4.18. The minimum Gasteiger partial charge on any atom is -0.459 e. The highest BCUT2D eigenvalue weighted by Crippen LogP contribution is 2.36. The van der Waals surface area contributed by atoms with E-state index in [1.54, 1.807) is 53.9 Å². The Hall–Kier alpha value is -4.70. The topological polar surface area (TPSA) is 146 Å². The van der Waals surface area contributed by atoms with Crippen molar-refractivity contribution in [1.82, 2.24) is 10.6 Å². The molecule has 40 heavy (non-hydrogen) atoms. The van der Waals surface area contributed by atoms with Gasteiger partial charge in [0.2, 0.25) is 0 Å². The zero-order chi connectivity index (χ0) is 28.9. The maximum Gasteiger partial charge on any atom is 0.341 e. The van der Waals surface area contributed by atoms with Crippen LogP contribution in [0.3, 0.4) is 0 Å². The molecule has 4 rings (SSSR count). The molecule has 6 N–H and O–H groups in total. The van der Waals surface area contributed by atoms with E-state index in [9.17, 15) is 14.4 Å². The molecule has 1 atom stereocenters. The normalized spacial score (nSPS) is 16.3. The van der Waals surface area contributed by atoms with Crippen LogP contribution >= 0.6 is 11.3 Å². The van der Waals surface area contributed by atoms with Crippen LogP contribution in [-0.2, 0) is 26.5 Å². The van der Waals surface area contributed by atoms with E-state index in [4.69, 9.17) is 15.9 Å². The van der Waals surface area contributed by atoms with Gasteiger partial charge < -0.3 is 26.4 Å². The Morgan fingerprint density at radius 3 is 2.38 bits per heavy atom. The van der Waals surface area contributed by atoms with Gasteiger partial charge in [0.15, 0.2) is 5.54 Å². The molecule has 0 radical (unpaired) electrons. The summed E-state index contributed by atoms with van der Waals surface area (Å²) in [6.07, 6.45) is 4.78. The number of nitrogens with one attached hydrogen (secondary N) is 4. The van der Waals surface area contributed by atoms with Crippen LogP contribution in [0.1, 0.15) is 47.1 Å². The summed E-state index contributed by atoms with van der Waals surface area (Å²) in [7, 11) is 0. The molecule has 10 heteroatoms. The van der Waals surface area contributed by atoms with Gasteiger partial charge in [-0.3, -0.25) is 15.0 Å². The van der Waals surface area contributed by atoms with Gasteiger partial charge in [0, 0.05) is 16.8 Å². The molecule has 2 aromatic carbocycles. The fourth-order valence-electron chi connectivity index (χ4n) is 4.03. The van der Waals surface area contributed by atoms with Crippen LogP contribution in [-0.4, -0.2) is 29.2 Å². The second kappa shape index (κ2) is 11.6. The van der Waals surface area contributed by atoms with Crippen LogP contribution in [0.4, 0.5) is 5.69 Å². The molecule has 2 amide bonds. The first kappa shape index (κ1) is 28.3. The molecule has 0 bridgehead atoms. The number of benzene rings is 2. The minimum atomic E-state index is -1.63. The van der Waals surface area contributed by atoms with E-state index < -0.39 is 28.9 Å². The Morgan fingerprint density at radius 1 is 1.02 bits per heavy atom. The molecule has 0 fully saturated rings. The third-order valence-electron chi connectivity index (χ3n) is 5.93. The summed E-state index contributed by atoms with van der Waals surface area (Å²) >= 11 is 1.20. The number of allylic oxidation sites excluding steroid dienone is 2. The van der Waals surface area contributed by atoms with Gasteiger partial charge >= 0.3 is 5.97 Å². The van der Waals surface area contributed by atoms with E-state index in [2.05, 4.69) is 16.0 Å². The van der Waals surface area contributed by atoms with Crippen molar-refractivity contribution in [3.8, 4) is 0 Å². The fourth-order valence-corrected chi connectivity index (χ4v) is 5.05. The lowest BCUT2D eigenvalue weighted by Crippen LogP contribution is -2.53. The van der Waals surface area contributed by atoms with Crippen LogP contribution in [0.5, 0.6) is 0 Å². The lowest BCUT2D eigenvalue weighted by molar-refractivity contribution is -0.151. The third-order valence-corrected chi connectivity index (χ3v) is 6.98. The first-order chi connectivity index (χ1) is 19.0. The Morgan fingerprint density at radius 2 is 1.73 bits per heavy atom. The van der Waals surface area contributed by atoms with Crippen molar-refractivity contribution >= 4 is 40.6 Å². The third kappa shape index (κ3) is 6.47. The van der Waals surface area contributed by atoms with E-state index >= 15 is 0 Å². The van der Waals surface area contributed by atoms with Gasteiger partial charge in [-0.2, -0.15) is 0 Å². The van der Waals surface area contributed by atoms with Gasteiger partial charge in [-0.1, -0.05) is 36.4 Å². The summed E-state index contributed by atoms with van der Waals surface area (Å²) in [6, 6.07) is 17.4. The molecule has 0 saturated carbocycles. The molecular weight excluding hydrogens is 526 g/mol. The van der Waals surface area contributed by atoms with Crippen molar-refractivity contribution < 1.29 is 19.1 Å². The average Bonchev–Trinajstić information content (AvgIpc) is 3.43. The standard InChI is InChI=1S/C30H31N5O4S/c1-29(2,3)35-27(37)23-10-7-16-30(34-23,28(38)39-18-19-8-5-4-6-9-19)24-22(15-17-40-24)26(36)33-21-13-11-20(12-14-21)25(31)32/h4-17,34H,18H2,1-3H3,(H3,31,32)(H,33,36)(H,35,37). The highest BCUT2D eigenvalue weighted by molar-refractivity contribution is 7.10. The molecular formula is C30H31N5O4S. The van der Waals surface area contributed by atoms with Crippen LogP contribution < -0.4 is 21.7 Å². The Balaban J connectivity index is 1.67. The van der Waals surface area contributed by atoms with E-state index in [0.717, 1.165) is 5.56 Å². The summed E-state index contributed by atoms with van der Waals surface area (Å²) in [6.45, 7) is 5.59. The van der Waals surface area contributed by atoms with Crippen molar-refractivity contribution in [3.05, 3.63) is 112 Å². The number of amidine groups is 1. The summed E-state index contributed by atoms with van der Waals surface area (Å²) in [5, 5.41) is 18.1. The lowest BCUT2D eigenvalue weighted by Gasteiger charge is -2.34. The summed E-state index contributed by atoms with van der Waals surface area (Å²) in [5.74, 6) is -1.59. The van der Waals surface area contributed by atoms with Crippen molar-refractivity contribution in [3.63, 3.8) is 0 Å². The average molecular weight is 558 g/mol. The monoisotopic (exact) mass is 557 g/mol. The molecule has 0 saturated heterocycles. The molecule has 0 spiro atoms. The summed E-state index contributed by atoms with van der Waals surface area (Å²) < 4.78 is 5.74. The number of hydrogen-bond donors (Lipinski definition) is 5. The summed E-state index contributed by atoms with van der Waals surface area (Å²) in [5.41, 5.74) is 5.60. The number of anilines is 1. The van der Waals surface area contributed by atoms with Crippen molar-refractivity contribution in [2.24, 2.45) is 5.73 Å². The SMILES string of the molecule is CC(C)(C)NC(=O)C1=CC=CC(C(=O)OCc2ccccc2)(c2sccc2C(=O)Nc2ccc(C(=N)N)cc2)N1. The Kier molecular flexibility index (Phi) is 8.20. The quantitative estimate of drug-likeness (QED) is 0.160. The number of nitrogens with two attached hydrogens (primary N) is 1. The minimum absolute atomic E-state index is 0.0135. The van der Waals surface area contributed by atoms with E-state index in [1.165, 1.54) is 11.3 Å². The smallest absolute Gasteiger partial charge is 0.341 e. The Labute approximate surface area is 236 Å². The number of ether oxygens (including phenoxy) is 1. The molecule has 1 aliphatic rings. The number of hydrogen-bond acceptors (Lipinski definition) is 7. The second-order valence-corrected chi connectivity index (χ2v) is 11.2. The number of esters is 1. The van der Waals surface area contributed by atoms with Gasteiger partial charge in [-0.05, 0) is 74.2 Å². The zero-order valence-electron chi connectivity index (χ0n) is 22.4. The number of rotatable bonds is 8. The molecule has 9 nitrogen and oxygen atoms in total.